The fourth-order valence-corrected chi connectivity index (χ4v) is 0.455. The molecule has 0 aromatic rings. The molecule has 0 spiro atoms. The fourth-order valence-electron chi connectivity index (χ4n) is 0.455. The van der Waals surface area contributed by atoms with Crippen molar-refractivity contribution in [3.63, 3.8) is 0 Å². The quantitative estimate of drug-likeness (QED) is 0.274. The van der Waals surface area contributed by atoms with E-state index in [1.807, 2.05) is 6.92 Å². The molecule has 0 fully saturated rings. The second kappa shape index (κ2) is 9.68. The smallest absolute Gasteiger partial charge is 0.338 e. The molecule has 0 aliphatic rings. The largest absolute Gasteiger partial charge is 1.00 e. The topological polar surface area (TPSA) is 63.2 Å². The second-order valence-electron chi connectivity index (χ2n) is 1.92. The summed E-state index contributed by atoms with van der Waals surface area (Å²) in [4.78, 5) is 14.8. The average molecular weight is 184 g/mol. The number of quaternary nitrogens is 1. The summed E-state index contributed by atoms with van der Waals surface area (Å²) in [5.41, 5.74) is 0. The van der Waals surface area contributed by atoms with E-state index in [0.29, 0.717) is 6.61 Å². The van der Waals surface area contributed by atoms with Crippen LogP contribution in [-0.4, -0.2) is 19.2 Å². The number of halogens is 1. The molecule has 0 saturated heterocycles. The Labute approximate surface area is 72.4 Å². The van der Waals surface area contributed by atoms with E-state index in [2.05, 4.69) is 10.7 Å². The van der Waals surface area contributed by atoms with Crippen LogP contribution >= 0.6 is 0 Å². The summed E-state index contributed by atoms with van der Waals surface area (Å²) in [6.45, 7) is 2.47. The van der Waals surface area contributed by atoms with Crippen molar-refractivity contribution >= 4 is 5.97 Å². The zero-order valence-electron chi connectivity index (χ0n) is 6.64. The molecule has 0 atom stereocenters. The minimum Gasteiger partial charge on any atom is -1.00 e. The number of carbonyl (C=O) groups is 1. The van der Waals surface area contributed by atoms with Gasteiger partial charge in [0.2, 0.25) is 6.61 Å². The third kappa shape index (κ3) is 9.68. The summed E-state index contributed by atoms with van der Waals surface area (Å²) in [7, 11) is 0. The van der Waals surface area contributed by atoms with E-state index >= 15 is 0 Å². The molecule has 11 heavy (non-hydrogen) atoms. The SMILES string of the molecule is CCCCOC(=O)CO[NH3+].[Cl-]. The van der Waals surface area contributed by atoms with E-state index < -0.39 is 0 Å². The third-order valence-corrected chi connectivity index (χ3v) is 0.981. The number of hydrogen-bond donors (Lipinski definition) is 1. The molecule has 0 aliphatic heterocycles. The summed E-state index contributed by atoms with van der Waals surface area (Å²) >= 11 is 0. The molecule has 3 N–H and O–H groups in total. The van der Waals surface area contributed by atoms with Crippen molar-refractivity contribution in [2.75, 3.05) is 13.2 Å². The number of rotatable bonds is 5. The lowest BCUT2D eigenvalue weighted by molar-refractivity contribution is -0.685. The van der Waals surface area contributed by atoms with Crippen LogP contribution in [-0.2, 0) is 14.4 Å². The van der Waals surface area contributed by atoms with Crippen LogP contribution in [0, 0.1) is 0 Å². The molecule has 0 aromatic carbocycles. The van der Waals surface area contributed by atoms with Crippen LogP contribution in [0.2, 0.25) is 0 Å². The van der Waals surface area contributed by atoms with Crippen LogP contribution in [0.1, 0.15) is 19.8 Å². The van der Waals surface area contributed by atoms with Gasteiger partial charge in [-0.1, -0.05) is 13.3 Å². The minimum atomic E-state index is -0.344. The fraction of sp³-hybridized carbons (Fsp3) is 0.833. The van der Waals surface area contributed by atoms with Crippen LogP contribution in [0.25, 0.3) is 0 Å². The Bertz CT molecular complexity index is 99.8. The molecule has 0 radical (unpaired) electrons. The lowest BCUT2D eigenvalue weighted by Gasteiger charge is -1.99. The Hall–Kier alpha value is -0.320. The Morgan fingerprint density at radius 1 is 1.55 bits per heavy atom. The predicted octanol–water partition coefficient (Wildman–Crippen LogP) is -3.49. The van der Waals surface area contributed by atoms with Gasteiger partial charge in [0.1, 0.15) is 0 Å². The van der Waals surface area contributed by atoms with Crippen LogP contribution in [0.5, 0.6) is 0 Å². The Balaban J connectivity index is 0. The molecule has 0 heterocycles. The summed E-state index contributed by atoms with van der Waals surface area (Å²) in [5, 5.41) is 0. The first-order valence-corrected chi connectivity index (χ1v) is 3.33. The van der Waals surface area contributed by atoms with E-state index in [1.165, 1.54) is 0 Å². The van der Waals surface area contributed by atoms with E-state index in [0.717, 1.165) is 12.8 Å². The highest BCUT2D eigenvalue weighted by Crippen LogP contribution is 1.87. The highest BCUT2D eigenvalue weighted by atomic mass is 35.5. The van der Waals surface area contributed by atoms with Gasteiger partial charge in [0.25, 0.3) is 0 Å². The molecular weight excluding hydrogens is 170 g/mol. The van der Waals surface area contributed by atoms with Crippen molar-refractivity contribution in [2.45, 2.75) is 19.8 Å². The van der Waals surface area contributed by atoms with Gasteiger partial charge in [-0.15, -0.1) is 0 Å². The summed E-state index contributed by atoms with van der Waals surface area (Å²) < 4.78 is 4.72. The molecule has 68 valence electrons. The van der Waals surface area contributed by atoms with Crippen molar-refractivity contribution in [1.82, 2.24) is 0 Å². The van der Waals surface area contributed by atoms with Gasteiger partial charge in [0.15, 0.2) is 0 Å². The van der Waals surface area contributed by atoms with E-state index in [-0.39, 0.29) is 25.0 Å². The molecule has 0 rings (SSSR count). The molecule has 0 saturated carbocycles. The molecule has 0 bridgehead atoms. The second-order valence-corrected chi connectivity index (χ2v) is 1.92. The molecule has 0 aliphatic carbocycles. The van der Waals surface area contributed by atoms with Crippen molar-refractivity contribution in [3.8, 4) is 0 Å². The Morgan fingerprint density at radius 2 is 2.18 bits per heavy atom. The number of hydrogen-bond acceptors (Lipinski definition) is 3. The van der Waals surface area contributed by atoms with Gasteiger partial charge in [-0.2, -0.15) is 4.84 Å². The van der Waals surface area contributed by atoms with Gasteiger partial charge in [-0.25, -0.2) is 10.7 Å². The number of ether oxygens (including phenoxy) is 1. The molecule has 5 heteroatoms. The number of esters is 1. The Morgan fingerprint density at radius 3 is 2.64 bits per heavy atom. The first kappa shape index (κ1) is 13.3. The summed E-state index contributed by atoms with van der Waals surface area (Å²) in [6, 6.07) is 0. The van der Waals surface area contributed by atoms with Crippen molar-refractivity contribution in [1.29, 1.82) is 0 Å². The molecule has 0 amide bonds. The van der Waals surface area contributed by atoms with Gasteiger partial charge in [-0.3, -0.25) is 0 Å². The summed E-state index contributed by atoms with van der Waals surface area (Å²) in [5.74, 6) is 2.71. The highest BCUT2D eigenvalue weighted by Gasteiger charge is 2.00. The number of carbonyl (C=O) groups excluding carboxylic acids is 1. The minimum absolute atomic E-state index is 0. The molecule has 0 unspecified atom stereocenters. The van der Waals surface area contributed by atoms with E-state index in [9.17, 15) is 4.79 Å². The maximum absolute atomic E-state index is 10.5. The van der Waals surface area contributed by atoms with Crippen LogP contribution < -0.4 is 18.3 Å². The van der Waals surface area contributed by atoms with Crippen LogP contribution in [0.3, 0.4) is 0 Å². The average Bonchev–Trinajstić information content (AvgIpc) is 1.89. The molecule has 4 nitrogen and oxygen atoms in total. The normalized spacial score (nSPS) is 8.55. The van der Waals surface area contributed by atoms with Gasteiger partial charge in [0.05, 0.1) is 6.61 Å². The van der Waals surface area contributed by atoms with Gasteiger partial charge < -0.3 is 17.1 Å². The lowest BCUT2D eigenvalue weighted by Crippen LogP contribution is -3.00. The van der Waals surface area contributed by atoms with Crippen LogP contribution in [0.15, 0.2) is 0 Å². The standard InChI is InChI=1S/C6H14NO3.ClH/c1-2-3-4-9-6(8)5-10-7;/h2-5H2,1,7H3;1H/q+1;/p-1. The Kier molecular flexibility index (Phi) is 11.7. The maximum Gasteiger partial charge on any atom is 0.338 e. The first-order chi connectivity index (χ1) is 4.81. The molecule has 0 aromatic heterocycles. The van der Waals surface area contributed by atoms with Crippen molar-refractivity contribution < 1.29 is 32.7 Å². The zero-order valence-corrected chi connectivity index (χ0v) is 7.39. The third-order valence-electron chi connectivity index (χ3n) is 0.981. The van der Waals surface area contributed by atoms with Gasteiger partial charge >= 0.3 is 5.97 Å². The van der Waals surface area contributed by atoms with E-state index in [1.54, 1.807) is 0 Å². The van der Waals surface area contributed by atoms with Gasteiger partial charge in [0, 0.05) is 0 Å². The van der Waals surface area contributed by atoms with Gasteiger partial charge in [-0.05, 0) is 6.42 Å². The van der Waals surface area contributed by atoms with Crippen LogP contribution in [0.4, 0.5) is 0 Å². The van der Waals surface area contributed by atoms with Crippen molar-refractivity contribution in [3.05, 3.63) is 0 Å². The predicted molar refractivity (Wildman–Crippen MR) is 34.7 cm³/mol. The van der Waals surface area contributed by atoms with Crippen molar-refractivity contribution in [2.24, 2.45) is 0 Å². The highest BCUT2D eigenvalue weighted by molar-refractivity contribution is 5.70. The number of unbranched alkanes of at least 4 members (excludes halogenated alkanes) is 1. The zero-order chi connectivity index (χ0) is 7.82. The summed E-state index contributed by atoms with van der Waals surface area (Å²) in [6.07, 6.45) is 1.93. The monoisotopic (exact) mass is 183 g/mol. The first-order valence-electron chi connectivity index (χ1n) is 3.33. The van der Waals surface area contributed by atoms with E-state index in [4.69, 9.17) is 4.74 Å². The molecular formula is C6H14ClNO3. The maximum atomic E-state index is 10.5. The lowest BCUT2D eigenvalue weighted by atomic mass is 10.4.